The van der Waals surface area contributed by atoms with Crippen LogP contribution in [-0.4, -0.2) is 29.8 Å². The zero-order valence-corrected chi connectivity index (χ0v) is 13.1. The van der Waals surface area contributed by atoms with Crippen LogP contribution in [0, 0.1) is 26.7 Å². The van der Waals surface area contributed by atoms with E-state index >= 15 is 0 Å². The first-order chi connectivity index (χ1) is 9.88. The molecule has 114 valence electrons. The molecule has 1 aromatic carbocycles. The fourth-order valence-electron chi connectivity index (χ4n) is 3.17. The number of primary amides is 1. The van der Waals surface area contributed by atoms with E-state index in [1.54, 1.807) is 0 Å². The van der Waals surface area contributed by atoms with E-state index in [1.165, 1.54) is 16.7 Å². The Morgan fingerprint density at radius 3 is 2.14 bits per heavy atom. The standard InChI is InChI=1S/C17H24N2O2/c1-11-8-12(2)15(13(3)9-11)10-16(20)19-6-4-14(5-7-19)17(18)21/h8-9,14H,4-7,10H2,1-3H3,(H2,18,21). The number of carbonyl (C=O) groups is 2. The second-order valence-corrected chi connectivity index (χ2v) is 6.11. The highest BCUT2D eigenvalue weighted by Gasteiger charge is 2.26. The predicted octanol–water partition coefficient (Wildman–Crippen LogP) is 1.88. The number of likely N-dealkylation sites (tertiary alicyclic amines) is 1. The number of piperidine rings is 1. The molecule has 2 amide bonds. The Balaban J connectivity index is 2.01. The molecule has 1 aromatic rings. The van der Waals surface area contributed by atoms with Crippen molar-refractivity contribution in [3.05, 3.63) is 34.4 Å². The molecule has 0 spiro atoms. The molecule has 4 nitrogen and oxygen atoms in total. The van der Waals surface area contributed by atoms with Crippen LogP contribution >= 0.6 is 0 Å². The number of benzene rings is 1. The van der Waals surface area contributed by atoms with E-state index in [0.29, 0.717) is 32.4 Å². The van der Waals surface area contributed by atoms with Gasteiger partial charge in [-0.2, -0.15) is 0 Å². The molecule has 0 atom stereocenters. The molecule has 2 rings (SSSR count). The summed E-state index contributed by atoms with van der Waals surface area (Å²) in [5.74, 6) is -0.169. The summed E-state index contributed by atoms with van der Waals surface area (Å²) in [6.07, 6.45) is 1.82. The summed E-state index contributed by atoms with van der Waals surface area (Å²) in [6.45, 7) is 7.46. The number of carbonyl (C=O) groups excluding carboxylic acids is 2. The van der Waals surface area contributed by atoms with Crippen LogP contribution in [0.4, 0.5) is 0 Å². The molecular weight excluding hydrogens is 264 g/mol. The molecule has 21 heavy (non-hydrogen) atoms. The maximum absolute atomic E-state index is 12.4. The van der Waals surface area contributed by atoms with Gasteiger partial charge in [-0.3, -0.25) is 9.59 Å². The van der Waals surface area contributed by atoms with Gasteiger partial charge >= 0.3 is 0 Å². The molecule has 0 radical (unpaired) electrons. The van der Waals surface area contributed by atoms with Crippen molar-refractivity contribution in [2.75, 3.05) is 13.1 Å². The summed E-state index contributed by atoms with van der Waals surface area (Å²) in [6, 6.07) is 4.24. The van der Waals surface area contributed by atoms with Crippen LogP contribution in [0.15, 0.2) is 12.1 Å². The highest BCUT2D eigenvalue weighted by molar-refractivity contribution is 5.81. The van der Waals surface area contributed by atoms with Crippen molar-refractivity contribution in [2.24, 2.45) is 11.7 Å². The van der Waals surface area contributed by atoms with Crippen LogP contribution in [0.3, 0.4) is 0 Å². The molecule has 1 fully saturated rings. The van der Waals surface area contributed by atoms with Gasteiger partial charge in [0.2, 0.25) is 11.8 Å². The van der Waals surface area contributed by atoms with Gasteiger partial charge in [0.25, 0.3) is 0 Å². The van der Waals surface area contributed by atoms with Crippen molar-refractivity contribution < 1.29 is 9.59 Å². The van der Waals surface area contributed by atoms with Crippen LogP contribution in [-0.2, 0) is 16.0 Å². The third-order valence-electron chi connectivity index (χ3n) is 4.42. The molecule has 0 aliphatic carbocycles. The van der Waals surface area contributed by atoms with Crippen molar-refractivity contribution in [1.29, 1.82) is 0 Å². The Hall–Kier alpha value is -1.84. The largest absolute Gasteiger partial charge is 0.369 e. The van der Waals surface area contributed by atoms with E-state index < -0.39 is 0 Å². The van der Waals surface area contributed by atoms with Gasteiger partial charge in [-0.1, -0.05) is 17.7 Å². The van der Waals surface area contributed by atoms with Crippen molar-refractivity contribution in [1.82, 2.24) is 4.90 Å². The van der Waals surface area contributed by atoms with Crippen LogP contribution in [0.2, 0.25) is 0 Å². The summed E-state index contributed by atoms with van der Waals surface area (Å²) < 4.78 is 0. The fraction of sp³-hybridized carbons (Fsp3) is 0.529. The third kappa shape index (κ3) is 3.63. The average molecular weight is 288 g/mol. The van der Waals surface area contributed by atoms with Crippen molar-refractivity contribution in [3.8, 4) is 0 Å². The molecule has 0 saturated carbocycles. The summed E-state index contributed by atoms with van der Waals surface area (Å²) in [4.78, 5) is 25.5. The van der Waals surface area contributed by atoms with Gasteiger partial charge in [-0.05, 0) is 50.3 Å². The summed E-state index contributed by atoms with van der Waals surface area (Å²) in [7, 11) is 0. The number of amides is 2. The second kappa shape index (κ2) is 6.29. The summed E-state index contributed by atoms with van der Waals surface area (Å²) in [5, 5.41) is 0. The van der Waals surface area contributed by atoms with Crippen LogP contribution in [0.25, 0.3) is 0 Å². The Morgan fingerprint density at radius 2 is 1.67 bits per heavy atom. The predicted molar refractivity (Wildman–Crippen MR) is 82.9 cm³/mol. The average Bonchev–Trinajstić information content (AvgIpc) is 2.42. The number of rotatable bonds is 3. The lowest BCUT2D eigenvalue weighted by atomic mass is 9.94. The number of nitrogens with zero attached hydrogens (tertiary/aromatic N) is 1. The molecular formula is C17H24N2O2. The Morgan fingerprint density at radius 1 is 1.14 bits per heavy atom. The first-order valence-corrected chi connectivity index (χ1v) is 7.52. The fourth-order valence-corrected chi connectivity index (χ4v) is 3.17. The first-order valence-electron chi connectivity index (χ1n) is 7.52. The van der Waals surface area contributed by atoms with Gasteiger partial charge in [0.05, 0.1) is 6.42 Å². The Kier molecular flexibility index (Phi) is 4.66. The smallest absolute Gasteiger partial charge is 0.227 e. The minimum Gasteiger partial charge on any atom is -0.369 e. The normalized spacial score (nSPS) is 16.0. The van der Waals surface area contributed by atoms with E-state index in [0.717, 1.165) is 5.56 Å². The maximum atomic E-state index is 12.4. The Labute approximate surface area is 126 Å². The summed E-state index contributed by atoms with van der Waals surface area (Å²) in [5.41, 5.74) is 10.0. The van der Waals surface area contributed by atoms with Crippen LogP contribution < -0.4 is 5.73 Å². The van der Waals surface area contributed by atoms with Gasteiger partial charge < -0.3 is 10.6 Å². The minimum absolute atomic E-state index is 0.0723. The van der Waals surface area contributed by atoms with Gasteiger partial charge in [0.1, 0.15) is 0 Å². The lowest BCUT2D eigenvalue weighted by molar-refractivity contribution is -0.134. The van der Waals surface area contributed by atoms with Crippen LogP contribution in [0.5, 0.6) is 0 Å². The van der Waals surface area contributed by atoms with Gasteiger partial charge in [0.15, 0.2) is 0 Å². The highest BCUT2D eigenvalue weighted by atomic mass is 16.2. The Bertz CT molecular complexity index is 535. The van der Waals surface area contributed by atoms with E-state index in [2.05, 4.69) is 32.9 Å². The molecule has 0 aromatic heterocycles. The molecule has 1 saturated heterocycles. The molecule has 1 heterocycles. The molecule has 4 heteroatoms. The second-order valence-electron chi connectivity index (χ2n) is 6.11. The minimum atomic E-state index is -0.243. The lowest BCUT2D eigenvalue weighted by Gasteiger charge is -2.31. The molecule has 0 unspecified atom stereocenters. The number of hydrogen-bond donors (Lipinski definition) is 1. The topological polar surface area (TPSA) is 63.4 Å². The van der Waals surface area contributed by atoms with Gasteiger partial charge in [-0.25, -0.2) is 0 Å². The summed E-state index contributed by atoms with van der Waals surface area (Å²) >= 11 is 0. The number of aryl methyl sites for hydroxylation is 3. The van der Waals surface area contributed by atoms with E-state index in [9.17, 15) is 9.59 Å². The monoisotopic (exact) mass is 288 g/mol. The zero-order valence-electron chi connectivity index (χ0n) is 13.1. The van der Waals surface area contributed by atoms with Gasteiger partial charge in [0, 0.05) is 19.0 Å². The van der Waals surface area contributed by atoms with Crippen molar-refractivity contribution in [3.63, 3.8) is 0 Å². The molecule has 1 aliphatic rings. The van der Waals surface area contributed by atoms with E-state index in [-0.39, 0.29) is 17.7 Å². The maximum Gasteiger partial charge on any atom is 0.227 e. The molecule has 2 N–H and O–H groups in total. The number of nitrogens with two attached hydrogens (primary N) is 1. The van der Waals surface area contributed by atoms with E-state index in [4.69, 9.17) is 5.73 Å². The molecule has 0 bridgehead atoms. The zero-order chi connectivity index (χ0) is 15.6. The van der Waals surface area contributed by atoms with Crippen molar-refractivity contribution >= 4 is 11.8 Å². The lowest BCUT2D eigenvalue weighted by Crippen LogP contribution is -2.42. The SMILES string of the molecule is Cc1cc(C)c(CC(=O)N2CCC(C(N)=O)CC2)c(C)c1. The highest BCUT2D eigenvalue weighted by Crippen LogP contribution is 2.21. The first kappa shape index (κ1) is 15.5. The molecule has 1 aliphatic heterocycles. The van der Waals surface area contributed by atoms with Crippen molar-refractivity contribution in [2.45, 2.75) is 40.0 Å². The third-order valence-corrected chi connectivity index (χ3v) is 4.42. The van der Waals surface area contributed by atoms with Gasteiger partial charge in [-0.15, -0.1) is 0 Å². The van der Waals surface area contributed by atoms with E-state index in [1.807, 2.05) is 4.90 Å². The number of hydrogen-bond acceptors (Lipinski definition) is 2. The van der Waals surface area contributed by atoms with Crippen LogP contribution in [0.1, 0.15) is 35.1 Å². The quantitative estimate of drug-likeness (QED) is 0.923.